The summed E-state index contributed by atoms with van der Waals surface area (Å²) in [4.78, 5) is 14.1. The molecule has 5 heteroatoms. The second-order valence-corrected chi connectivity index (χ2v) is 8.24. The van der Waals surface area contributed by atoms with Crippen LogP contribution in [0.5, 0.6) is 0 Å². The highest BCUT2D eigenvalue weighted by atomic mass is 15.2. The molecule has 27 heavy (non-hydrogen) atoms. The van der Waals surface area contributed by atoms with E-state index in [0.717, 1.165) is 30.2 Å². The highest BCUT2D eigenvalue weighted by Gasteiger charge is 2.28. The molecule has 0 saturated carbocycles. The van der Waals surface area contributed by atoms with Gasteiger partial charge in [0.2, 0.25) is 5.95 Å². The normalized spacial score (nSPS) is 11.6. The number of rotatable bonds is 6. The van der Waals surface area contributed by atoms with E-state index in [0.29, 0.717) is 11.6 Å². The Balaban J connectivity index is 0. The first-order chi connectivity index (χ1) is 12.6. The molecule has 0 aliphatic carbocycles. The third-order valence-corrected chi connectivity index (χ3v) is 4.76. The molecule has 154 valence electrons. The number of nitrogens with two attached hydrogens (primary N) is 1. The highest BCUT2D eigenvalue weighted by Crippen LogP contribution is 2.29. The number of nitrogen functional groups attached to an aromatic ring is 1. The average Bonchev–Trinajstić information content (AvgIpc) is 2.62. The average molecular weight is 376 g/mol. The van der Waals surface area contributed by atoms with Gasteiger partial charge in [0, 0.05) is 25.1 Å². The smallest absolute Gasteiger partial charge is 0.230 e. The zero-order valence-electron chi connectivity index (χ0n) is 18.3. The fourth-order valence-corrected chi connectivity index (χ4v) is 2.10. The van der Waals surface area contributed by atoms with E-state index in [1.165, 1.54) is 6.42 Å². The first-order valence-electron chi connectivity index (χ1n) is 9.99. The van der Waals surface area contributed by atoms with Crippen molar-refractivity contribution >= 4 is 17.3 Å². The van der Waals surface area contributed by atoms with Crippen LogP contribution >= 0.6 is 0 Å². The molecule has 0 saturated heterocycles. The monoisotopic (exact) mass is 375 g/mol. The Morgan fingerprint density at radius 1 is 0.889 bits per heavy atom. The lowest BCUT2D eigenvalue weighted by atomic mass is 9.87. The molecular weight excluding hydrogens is 334 g/mol. The van der Waals surface area contributed by atoms with Gasteiger partial charge in [-0.1, -0.05) is 67.9 Å². The van der Waals surface area contributed by atoms with E-state index >= 15 is 0 Å². The van der Waals surface area contributed by atoms with Crippen molar-refractivity contribution in [3.8, 4) is 0 Å². The third kappa shape index (κ3) is 6.49. The van der Waals surface area contributed by atoms with Gasteiger partial charge in [-0.3, -0.25) is 0 Å². The number of benzene rings is 1. The lowest BCUT2D eigenvalue weighted by Crippen LogP contribution is -2.27. The maximum Gasteiger partial charge on any atom is 0.230 e. The molecule has 1 aromatic carbocycles. The molecular formula is C22H41N5. The maximum absolute atomic E-state index is 5.86. The lowest BCUT2D eigenvalue weighted by molar-refractivity contribution is 0.434. The van der Waals surface area contributed by atoms with Crippen LogP contribution in [0.3, 0.4) is 0 Å². The van der Waals surface area contributed by atoms with Crippen LogP contribution in [0.25, 0.3) is 0 Å². The van der Waals surface area contributed by atoms with E-state index in [2.05, 4.69) is 70.7 Å². The molecule has 0 aliphatic rings. The largest absolute Gasteiger partial charge is 0.399 e. The van der Waals surface area contributed by atoms with E-state index in [-0.39, 0.29) is 13.7 Å². The molecule has 0 spiro atoms. The number of hydrogen-bond acceptors (Lipinski definition) is 5. The van der Waals surface area contributed by atoms with Gasteiger partial charge in [0.15, 0.2) is 0 Å². The first-order valence-corrected chi connectivity index (χ1v) is 9.99. The summed E-state index contributed by atoms with van der Waals surface area (Å²) >= 11 is 0. The molecule has 0 unspecified atom stereocenters. The van der Waals surface area contributed by atoms with Crippen molar-refractivity contribution < 1.29 is 2.85 Å². The first kappa shape index (κ1) is 22.9. The Hall–Kier alpha value is -2.17. The molecule has 1 heterocycles. The van der Waals surface area contributed by atoms with Gasteiger partial charge in [-0.05, 0) is 31.0 Å². The van der Waals surface area contributed by atoms with Crippen LogP contribution in [0.4, 0.5) is 17.3 Å². The van der Waals surface area contributed by atoms with Gasteiger partial charge in [-0.15, -0.1) is 0 Å². The van der Waals surface area contributed by atoms with E-state index in [1.807, 2.05) is 24.3 Å². The minimum Gasteiger partial charge on any atom is -0.399 e. The van der Waals surface area contributed by atoms with Crippen LogP contribution in [-0.4, -0.2) is 15.0 Å². The van der Waals surface area contributed by atoms with Crippen molar-refractivity contribution in [2.24, 2.45) is 0 Å². The van der Waals surface area contributed by atoms with Crippen LogP contribution in [0, 0.1) is 0 Å². The van der Waals surface area contributed by atoms with Gasteiger partial charge >= 0.3 is 0 Å². The molecule has 0 bridgehead atoms. The van der Waals surface area contributed by atoms with E-state index in [9.17, 15) is 0 Å². The number of hydrogen-bond donors (Lipinski definition) is 2. The minimum absolute atomic E-state index is 0. The number of aromatic nitrogens is 3. The Bertz CT molecular complexity index is 699. The molecule has 3 N–H and O–H groups in total. The summed E-state index contributed by atoms with van der Waals surface area (Å²) in [5.41, 5.74) is 7.24. The number of nitrogens with zero attached hydrogens (tertiary/aromatic N) is 3. The Morgan fingerprint density at radius 2 is 1.37 bits per heavy atom. The van der Waals surface area contributed by atoms with Gasteiger partial charge in [-0.25, -0.2) is 4.98 Å². The van der Waals surface area contributed by atoms with E-state index in [1.54, 1.807) is 0 Å². The number of nitrogens with one attached hydrogen (secondary N) is 1. The molecule has 0 fully saturated rings. The SMILES string of the molecule is CCC.CCC(C)(C)c1nc(Nc2cccc(N)c2)nc(C(C)(C)CC)n1.[HH].[HH]. The summed E-state index contributed by atoms with van der Waals surface area (Å²) in [6, 6.07) is 7.59. The Morgan fingerprint density at radius 3 is 1.78 bits per heavy atom. The van der Waals surface area contributed by atoms with Crippen molar-refractivity contribution in [3.05, 3.63) is 35.9 Å². The van der Waals surface area contributed by atoms with E-state index < -0.39 is 0 Å². The molecule has 0 atom stereocenters. The highest BCUT2D eigenvalue weighted by molar-refractivity contribution is 5.59. The maximum atomic E-state index is 5.86. The van der Waals surface area contributed by atoms with Crippen molar-refractivity contribution in [1.82, 2.24) is 15.0 Å². The van der Waals surface area contributed by atoms with Crippen molar-refractivity contribution in [2.75, 3.05) is 11.1 Å². The fraction of sp³-hybridized carbons (Fsp3) is 0.591. The van der Waals surface area contributed by atoms with Gasteiger partial charge in [-0.2, -0.15) is 9.97 Å². The zero-order valence-corrected chi connectivity index (χ0v) is 18.3. The number of anilines is 3. The summed E-state index contributed by atoms with van der Waals surface area (Å²) in [6.07, 6.45) is 3.17. The van der Waals surface area contributed by atoms with Crippen LogP contribution in [0.1, 0.15) is 89.2 Å². The predicted molar refractivity (Wildman–Crippen MR) is 121 cm³/mol. The topological polar surface area (TPSA) is 76.7 Å². The summed E-state index contributed by atoms with van der Waals surface area (Å²) in [6.45, 7) is 17.2. The molecule has 0 aliphatic heterocycles. The van der Waals surface area contributed by atoms with Crippen LogP contribution < -0.4 is 11.1 Å². The van der Waals surface area contributed by atoms with Gasteiger partial charge in [0.05, 0.1) is 0 Å². The van der Waals surface area contributed by atoms with Gasteiger partial charge in [0.25, 0.3) is 0 Å². The van der Waals surface area contributed by atoms with Gasteiger partial charge in [0.1, 0.15) is 11.6 Å². The van der Waals surface area contributed by atoms with Crippen LogP contribution in [0.15, 0.2) is 24.3 Å². The van der Waals surface area contributed by atoms with Crippen LogP contribution in [-0.2, 0) is 10.8 Å². The zero-order chi connectivity index (χ0) is 20.7. The predicted octanol–water partition coefficient (Wildman–Crippen LogP) is 6.48. The second kappa shape index (κ2) is 9.67. The second-order valence-electron chi connectivity index (χ2n) is 8.24. The Kier molecular flexibility index (Phi) is 8.20. The van der Waals surface area contributed by atoms with Crippen molar-refractivity contribution in [1.29, 1.82) is 0 Å². The van der Waals surface area contributed by atoms with Crippen molar-refractivity contribution in [3.63, 3.8) is 0 Å². The molecule has 0 radical (unpaired) electrons. The third-order valence-electron chi connectivity index (χ3n) is 4.76. The van der Waals surface area contributed by atoms with Crippen molar-refractivity contribution in [2.45, 2.75) is 85.5 Å². The summed E-state index contributed by atoms with van der Waals surface area (Å²) in [5, 5.41) is 3.28. The van der Waals surface area contributed by atoms with E-state index in [4.69, 9.17) is 10.7 Å². The molecule has 2 rings (SSSR count). The van der Waals surface area contributed by atoms with Gasteiger partial charge < -0.3 is 11.1 Å². The summed E-state index contributed by atoms with van der Waals surface area (Å²) in [7, 11) is 0. The summed E-state index contributed by atoms with van der Waals surface area (Å²) in [5.74, 6) is 2.22. The quantitative estimate of drug-likeness (QED) is 0.565. The molecule has 0 amide bonds. The molecule has 1 aromatic heterocycles. The fourth-order valence-electron chi connectivity index (χ4n) is 2.10. The minimum atomic E-state index is -0.104. The summed E-state index contributed by atoms with van der Waals surface area (Å²) < 4.78 is 0. The molecule has 5 nitrogen and oxygen atoms in total. The van der Waals surface area contributed by atoms with Crippen LogP contribution in [0.2, 0.25) is 0 Å². The molecule has 2 aromatic rings. The Labute approximate surface area is 168 Å². The standard InChI is InChI=1S/C19H29N5.C3H8.2H2/c1-7-18(3,4)15-22-16(19(5,6)8-2)24-17(23-15)21-14-11-9-10-13(20)12-14;1-3-2;;/h9-12H,7-8,20H2,1-6H3,(H,21,22,23,24);3H2,1-2H3;2*1H. The lowest BCUT2D eigenvalue weighted by Gasteiger charge is -2.26.